The first-order valence-electron chi connectivity index (χ1n) is 10.9. The highest BCUT2D eigenvalue weighted by atomic mass is 32.1. The van der Waals surface area contributed by atoms with Crippen molar-refractivity contribution in [2.75, 3.05) is 5.32 Å². The van der Waals surface area contributed by atoms with Crippen molar-refractivity contribution in [1.29, 1.82) is 0 Å². The Morgan fingerprint density at radius 2 is 1.86 bits per heavy atom. The van der Waals surface area contributed by atoms with Gasteiger partial charge in [0, 0.05) is 17.0 Å². The number of aliphatic carboxylic acids is 1. The average molecular weight is 509 g/mol. The van der Waals surface area contributed by atoms with E-state index in [9.17, 15) is 27.9 Å². The summed E-state index contributed by atoms with van der Waals surface area (Å²) in [6.07, 6.45) is -3.88. The molecule has 4 rings (SSSR count). The van der Waals surface area contributed by atoms with Crippen LogP contribution < -0.4 is 10.6 Å². The predicted octanol–water partition coefficient (Wildman–Crippen LogP) is 4.76. The zero-order valence-corrected chi connectivity index (χ0v) is 19.2. The summed E-state index contributed by atoms with van der Waals surface area (Å²) in [5, 5.41) is 16.0. The predicted molar refractivity (Wildman–Crippen MR) is 123 cm³/mol. The average Bonchev–Trinajstić information content (AvgIpc) is 3.20. The lowest BCUT2D eigenvalue weighted by Gasteiger charge is -2.34. The number of benzene rings is 1. The summed E-state index contributed by atoms with van der Waals surface area (Å²) in [6.45, 7) is 0.0841. The van der Waals surface area contributed by atoms with Gasteiger partial charge in [0.25, 0.3) is 0 Å². The summed E-state index contributed by atoms with van der Waals surface area (Å²) in [5.41, 5.74) is 0.822. The molecule has 1 saturated carbocycles. The van der Waals surface area contributed by atoms with Crippen LogP contribution in [0.4, 0.5) is 23.8 Å². The van der Waals surface area contributed by atoms with Gasteiger partial charge in [0.2, 0.25) is 0 Å². The second kappa shape index (κ2) is 10.5. The number of aromatic nitrogens is 2. The number of amides is 1. The van der Waals surface area contributed by atoms with Crippen LogP contribution >= 0.6 is 11.3 Å². The second-order valence-electron chi connectivity index (χ2n) is 8.43. The summed E-state index contributed by atoms with van der Waals surface area (Å²) in [6, 6.07) is 9.71. The molecule has 3 N–H and O–H groups in total. The van der Waals surface area contributed by atoms with Crippen LogP contribution in [0.5, 0.6) is 0 Å². The van der Waals surface area contributed by atoms with Crippen molar-refractivity contribution in [2.24, 2.45) is 5.92 Å². The van der Waals surface area contributed by atoms with Gasteiger partial charge < -0.3 is 20.5 Å². The fraction of sp³-hybridized carbons (Fsp3) is 0.391. The summed E-state index contributed by atoms with van der Waals surface area (Å²) < 4.78 is 43.7. The lowest BCUT2D eigenvalue weighted by molar-refractivity contribution is -0.143. The topological polar surface area (TPSA) is 113 Å². The van der Waals surface area contributed by atoms with Gasteiger partial charge >= 0.3 is 18.2 Å². The Morgan fingerprint density at radius 1 is 1.11 bits per heavy atom. The summed E-state index contributed by atoms with van der Waals surface area (Å²) in [4.78, 5) is 32.8. The highest BCUT2D eigenvalue weighted by Gasteiger charge is 2.34. The number of carboxylic acid groups (broad SMARTS) is 1. The Hall–Kier alpha value is -3.41. The molecule has 0 bridgehead atoms. The van der Waals surface area contributed by atoms with Gasteiger partial charge in [0.15, 0.2) is 0 Å². The minimum atomic E-state index is -4.34. The first-order chi connectivity index (χ1) is 16.7. The van der Waals surface area contributed by atoms with Crippen LogP contribution in [0.1, 0.15) is 29.7 Å². The zero-order valence-electron chi connectivity index (χ0n) is 18.4. The van der Waals surface area contributed by atoms with Crippen molar-refractivity contribution in [3.8, 4) is 0 Å². The van der Waals surface area contributed by atoms with Crippen molar-refractivity contribution >= 4 is 39.4 Å². The third-order valence-electron chi connectivity index (χ3n) is 5.69. The molecule has 8 nitrogen and oxygen atoms in total. The molecule has 12 heteroatoms. The van der Waals surface area contributed by atoms with E-state index in [0.29, 0.717) is 22.5 Å². The highest BCUT2D eigenvalue weighted by molar-refractivity contribution is 7.18. The van der Waals surface area contributed by atoms with E-state index in [4.69, 9.17) is 4.74 Å². The van der Waals surface area contributed by atoms with Crippen molar-refractivity contribution in [2.45, 2.75) is 50.6 Å². The molecule has 1 aliphatic rings. The molecule has 1 aliphatic carbocycles. The molecule has 3 atom stereocenters. The lowest BCUT2D eigenvalue weighted by Crippen LogP contribution is -2.46. The third kappa shape index (κ3) is 6.81. The molecule has 1 amide bonds. The monoisotopic (exact) mass is 508 g/mol. The van der Waals surface area contributed by atoms with Gasteiger partial charge in [-0.05, 0) is 30.9 Å². The molecule has 35 heavy (non-hydrogen) atoms. The summed E-state index contributed by atoms with van der Waals surface area (Å²) >= 11 is 0.940. The molecule has 1 aromatic carbocycles. The van der Waals surface area contributed by atoms with Gasteiger partial charge in [-0.15, -0.1) is 11.3 Å². The number of thiophene rings is 1. The number of hydrogen-bond donors (Lipinski definition) is 3. The molecule has 3 aromatic rings. The maximum Gasteiger partial charge on any atom is 0.407 e. The number of alkyl carbamates (subject to hydrolysis) is 1. The van der Waals surface area contributed by atoms with Crippen LogP contribution in [-0.4, -0.2) is 45.4 Å². The van der Waals surface area contributed by atoms with Crippen LogP contribution in [0.2, 0.25) is 0 Å². The lowest BCUT2D eigenvalue weighted by atomic mass is 9.82. The number of rotatable bonds is 7. The molecule has 0 radical (unpaired) electrons. The van der Waals surface area contributed by atoms with E-state index in [1.54, 1.807) is 0 Å². The van der Waals surface area contributed by atoms with Gasteiger partial charge in [-0.1, -0.05) is 30.3 Å². The Labute approximate surface area is 202 Å². The number of hydrogen-bond acceptors (Lipinski definition) is 7. The molecule has 0 spiro atoms. The maximum absolute atomic E-state index is 12.8. The quantitative estimate of drug-likeness (QED) is 0.422. The molecule has 0 aliphatic heterocycles. The second-order valence-corrected chi connectivity index (χ2v) is 9.55. The first kappa shape index (κ1) is 24.7. The number of nitrogens with zero attached hydrogens (tertiary/aromatic N) is 2. The van der Waals surface area contributed by atoms with Crippen LogP contribution in [-0.2, 0) is 22.6 Å². The number of fused-ring (bicyclic) bond motifs is 1. The van der Waals surface area contributed by atoms with Crippen molar-refractivity contribution < 1.29 is 32.6 Å². The van der Waals surface area contributed by atoms with Crippen molar-refractivity contribution in [3.63, 3.8) is 0 Å². The number of carbonyl (C=O) groups is 2. The fourth-order valence-electron chi connectivity index (χ4n) is 4.19. The van der Waals surface area contributed by atoms with Gasteiger partial charge in [-0.3, -0.25) is 4.79 Å². The Balaban J connectivity index is 1.43. The van der Waals surface area contributed by atoms with E-state index in [-0.39, 0.29) is 30.4 Å². The van der Waals surface area contributed by atoms with E-state index in [1.807, 2.05) is 30.3 Å². The van der Waals surface area contributed by atoms with E-state index in [2.05, 4.69) is 20.6 Å². The van der Waals surface area contributed by atoms with E-state index in [1.165, 1.54) is 12.4 Å². The van der Waals surface area contributed by atoms with Crippen molar-refractivity contribution in [1.82, 2.24) is 15.3 Å². The molecule has 0 saturated heterocycles. The van der Waals surface area contributed by atoms with E-state index < -0.39 is 36.6 Å². The van der Waals surface area contributed by atoms with Gasteiger partial charge in [0.05, 0.1) is 17.7 Å². The molecular weight excluding hydrogens is 485 g/mol. The molecular formula is C23H23F3N4O4S. The molecule has 186 valence electrons. The Kier molecular flexibility index (Phi) is 7.39. The van der Waals surface area contributed by atoms with E-state index in [0.717, 1.165) is 16.9 Å². The standard InChI is InChI=1S/C23H23F3N4O4S/c24-23(25,26)10-17-9-18-19(27-12-28-20(18)35-17)29-15-6-14(21(31)32)7-16(8-15)30-22(33)34-11-13-4-2-1-3-5-13/h1-5,9,12,14-16H,6-8,10-11H2,(H,30,33)(H,31,32)(H,27,28,29)/t14-,15+,16-/m0/s1. The Morgan fingerprint density at radius 3 is 2.57 bits per heavy atom. The largest absolute Gasteiger partial charge is 0.481 e. The zero-order chi connectivity index (χ0) is 25.0. The number of carbonyl (C=O) groups excluding carboxylic acids is 1. The molecule has 2 heterocycles. The highest BCUT2D eigenvalue weighted by Crippen LogP contribution is 2.34. The van der Waals surface area contributed by atoms with E-state index >= 15 is 0 Å². The van der Waals surface area contributed by atoms with Crippen LogP contribution in [0.15, 0.2) is 42.7 Å². The number of anilines is 1. The molecule has 2 aromatic heterocycles. The van der Waals surface area contributed by atoms with Crippen LogP contribution in [0, 0.1) is 5.92 Å². The molecule has 1 fully saturated rings. The minimum absolute atomic E-state index is 0.0841. The fourth-order valence-corrected chi connectivity index (χ4v) is 5.21. The summed E-state index contributed by atoms with van der Waals surface area (Å²) in [5.74, 6) is -1.38. The Bertz CT molecular complexity index is 1190. The number of ether oxygens (including phenoxy) is 1. The van der Waals surface area contributed by atoms with Gasteiger partial charge in [-0.25, -0.2) is 14.8 Å². The maximum atomic E-state index is 12.8. The minimum Gasteiger partial charge on any atom is -0.481 e. The third-order valence-corrected chi connectivity index (χ3v) is 6.73. The smallest absolute Gasteiger partial charge is 0.407 e. The summed E-state index contributed by atoms with van der Waals surface area (Å²) in [7, 11) is 0. The van der Waals surface area contributed by atoms with Crippen LogP contribution in [0.25, 0.3) is 10.2 Å². The van der Waals surface area contributed by atoms with Gasteiger partial charge in [-0.2, -0.15) is 13.2 Å². The number of alkyl halides is 3. The van der Waals surface area contributed by atoms with Gasteiger partial charge in [0.1, 0.15) is 23.6 Å². The molecule has 0 unspecified atom stereocenters. The van der Waals surface area contributed by atoms with Crippen LogP contribution in [0.3, 0.4) is 0 Å². The first-order valence-corrected chi connectivity index (χ1v) is 11.7. The number of halogens is 3. The SMILES string of the molecule is O=C(N[C@@H]1C[C@H](Nc2ncnc3sc(CC(F)(F)F)cc23)C[C@H](C(=O)O)C1)OCc1ccccc1. The van der Waals surface area contributed by atoms with Crippen molar-refractivity contribution in [3.05, 3.63) is 53.2 Å². The number of carboxylic acids is 1. The number of nitrogens with one attached hydrogen (secondary N) is 2. The normalized spacial score (nSPS) is 20.4.